The van der Waals surface area contributed by atoms with Crippen molar-refractivity contribution in [2.75, 3.05) is 26.4 Å². The first-order valence-electron chi connectivity index (χ1n) is 9.32. The van der Waals surface area contributed by atoms with Crippen LogP contribution in [0.2, 0.25) is 6.04 Å². The number of esters is 1. The van der Waals surface area contributed by atoms with Gasteiger partial charge < -0.3 is 18.0 Å². The molecule has 0 aromatic heterocycles. The van der Waals surface area contributed by atoms with E-state index in [9.17, 15) is 4.79 Å². The Morgan fingerprint density at radius 2 is 1.54 bits per heavy atom. The first-order chi connectivity index (χ1) is 11.6. The fourth-order valence-electron chi connectivity index (χ4n) is 2.40. The van der Waals surface area contributed by atoms with Crippen molar-refractivity contribution >= 4 is 14.8 Å². The summed E-state index contributed by atoms with van der Waals surface area (Å²) in [5.74, 6) is -0.113. The van der Waals surface area contributed by atoms with Gasteiger partial charge in [-0.2, -0.15) is 0 Å². The van der Waals surface area contributed by atoms with Gasteiger partial charge in [0.25, 0.3) is 0 Å². The molecule has 24 heavy (non-hydrogen) atoms. The van der Waals surface area contributed by atoms with Crippen LogP contribution < -0.4 is 0 Å². The Labute approximate surface area is 149 Å². The third-order valence-electron chi connectivity index (χ3n) is 3.47. The predicted octanol–water partition coefficient (Wildman–Crippen LogP) is 4.49. The molecule has 0 aromatic rings. The van der Waals surface area contributed by atoms with Gasteiger partial charge in [-0.3, -0.25) is 4.79 Å². The zero-order chi connectivity index (χ0) is 18.1. The molecule has 5 nitrogen and oxygen atoms in total. The lowest BCUT2D eigenvalue weighted by atomic mass is 10.2. The van der Waals surface area contributed by atoms with Crippen molar-refractivity contribution in [2.24, 2.45) is 0 Å². The lowest BCUT2D eigenvalue weighted by Crippen LogP contribution is -2.45. The van der Waals surface area contributed by atoms with E-state index in [1.54, 1.807) is 0 Å². The van der Waals surface area contributed by atoms with Crippen LogP contribution in [0, 0.1) is 0 Å². The van der Waals surface area contributed by atoms with E-state index in [-0.39, 0.29) is 5.97 Å². The number of hydrogen-bond acceptors (Lipinski definition) is 5. The fraction of sp³-hybridized carbons (Fsp3) is 0.833. The summed E-state index contributed by atoms with van der Waals surface area (Å²) in [5.41, 5.74) is 0. The van der Waals surface area contributed by atoms with Crippen LogP contribution in [0.15, 0.2) is 12.2 Å². The summed E-state index contributed by atoms with van der Waals surface area (Å²) in [6, 6.07) is 0.749. The molecule has 0 rings (SSSR count). The summed E-state index contributed by atoms with van der Waals surface area (Å²) >= 11 is 0. The predicted molar refractivity (Wildman–Crippen MR) is 98.9 cm³/mol. The van der Waals surface area contributed by atoms with Crippen LogP contribution >= 0.6 is 0 Å². The third kappa shape index (κ3) is 11.8. The van der Waals surface area contributed by atoms with Crippen LogP contribution in [-0.2, 0) is 22.8 Å². The van der Waals surface area contributed by atoms with Gasteiger partial charge in [-0.1, -0.05) is 12.2 Å². The van der Waals surface area contributed by atoms with Gasteiger partial charge >= 0.3 is 14.8 Å². The molecule has 0 N–H and O–H groups in total. The van der Waals surface area contributed by atoms with E-state index in [1.807, 2.05) is 33.8 Å². The maximum atomic E-state index is 11.7. The largest absolute Gasteiger partial charge is 0.500 e. The molecule has 0 spiro atoms. The summed E-state index contributed by atoms with van der Waals surface area (Å²) in [4.78, 5) is 11.7. The molecule has 0 aliphatic rings. The van der Waals surface area contributed by atoms with Crippen LogP contribution in [0.5, 0.6) is 0 Å². The van der Waals surface area contributed by atoms with Gasteiger partial charge in [-0.05, 0) is 59.8 Å². The van der Waals surface area contributed by atoms with Crippen molar-refractivity contribution in [1.29, 1.82) is 0 Å². The van der Waals surface area contributed by atoms with Gasteiger partial charge in [0.1, 0.15) is 0 Å². The minimum atomic E-state index is -2.57. The van der Waals surface area contributed by atoms with E-state index in [0.717, 1.165) is 38.1 Å². The lowest BCUT2D eigenvalue weighted by Gasteiger charge is -2.28. The summed E-state index contributed by atoms with van der Waals surface area (Å²) in [7, 11) is -2.57. The number of carbonyl (C=O) groups is 1. The molecule has 6 heteroatoms. The molecule has 0 radical (unpaired) electrons. The highest BCUT2D eigenvalue weighted by atomic mass is 28.4. The molecule has 0 saturated carbocycles. The molecule has 0 heterocycles. The Kier molecular flexibility index (Phi) is 15.4. The van der Waals surface area contributed by atoms with Crippen molar-refractivity contribution in [3.63, 3.8) is 0 Å². The first-order valence-corrected chi connectivity index (χ1v) is 11.3. The number of rotatable bonds is 16. The van der Waals surface area contributed by atoms with Crippen molar-refractivity contribution in [3.8, 4) is 0 Å². The highest BCUT2D eigenvalue weighted by molar-refractivity contribution is 6.60. The van der Waals surface area contributed by atoms with E-state index >= 15 is 0 Å². The number of hydrogen-bond donors (Lipinski definition) is 0. The van der Waals surface area contributed by atoms with Crippen LogP contribution in [0.1, 0.15) is 66.2 Å². The topological polar surface area (TPSA) is 54.0 Å². The van der Waals surface area contributed by atoms with Gasteiger partial charge in [0.2, 0.25) is 0 Å². The summed E-state index contributed by atoms with van der Waals surface area (Å²) in [5, 5.41) is 0. The number of unbranched alkanes of at least 4 members (excludes halogenated alkanes) is 3. The highest BCUT2D eigenvalue weighted by Crippen LogP contribution is 2.20. The minimum absolute atomic E-state index is 0.113. The standard InChI is InChI=1S/C18H36O5Si/c1-5-9-10-11-13-16-20-18(19)15-12-14-17-24(21-6-2,22-7-3)23-8-4/h5,9H,6-8,10-17H2,1-4H3/b9-5+. The van der Waals surface area contributed by atoms with Crippen molar-refractivity contribution in [1.82, 2.24) is 0 Å². The quantitative estimate of drug-likeness (QED) is 0.176. The number of ether oxygens (including phenoxy) is 1. The zero-order valence-corrected chi connectivity index (χ0v) is 17.0. The smallest absolute Gasteiger partial charge is 0.466 e. The normalized spacial score (nSPS) is 12.0. The Bertz CT molecular complexity index is 316. The molecule has 0 saturated heterocycles. The monoisotopic (exact) mass is 360 g/mol. The van der Waals surface area contributed by atoms with E-state index in [4.69, 9.17) is 18.0 Å². The summed E-state index contributed by atoms with van der Waals surface area (Å²) in [6.45, 7) is 10.1. The molecular weight excluding hydrogens is 324 g/mol. The summed E-state index contributed by atoms with van der Waals surface area (Å²) < 4.78 is 22.7. The lowest BCUT2D eigenvalue weighted by molar-refractivity contribution is -0.143. The SMILES string of the molecule is C/C=C/CCCCOC(=O)CCCC[Si](OCC)(OCC)OCC. The molecule has 0 unspecified atom stereocenters. The maximum Gasteiger partial charge on any atom is 0.500 e. The van der Waals surface area contributed by atoms with E-state index in [0.29, 0.717) is 32.8 Å². The molecule has 0 aromatic carbocycles. The second kappa shape index (κ2) is 15.8. The van der Waals surface area contributed by atoms with Gasteiger partial charge in [-0.25, -0.2) is 0 Å². The van der Waals surface area contributed by atoms with Gasteiger partial charge in [0.15, 0.2) is 0 Å². The average Bonchev–Trinajstić information content (AvgIpc) is 2.56. The van der Waals surface area contributed by atoms with Crippen LogP contribution in [-0.4, -0.2) is 41.2 Å². The van der Waals surface area contributed by atoms with Crippen molar-refractivity contribution < 1.29 is 22.8 Å². The Morgan fingerprint density at radius 3 is 2.08 bits per heavy atom. The van der Waals surface area contributed by atoms with E-state index < -0.39 is 8.80 Å². The van der Waals surface area contributed by atoms with Crippen molar-refractivity contribution in [3.05, 3.63) is 12.2 Å². The second-order valence-corrected chi connectivity index (χ2v) is 8.21. The average molecular weight is 361 g/mol. The molecule has 142 valence electrons. The molecule has 0 bridgehead atoms. The maximum absolute atomic E-state index is 11.7. The van der Waals surface area contributed by atoms with Gasteiger partial charge in [0, 0.05) is 32.3 Å². The van der Waals surface area contributed by atoms with Crippen molar-refractivity contribution in [2.45, 2.75) is 72.3 Å². The van der Waals surface area contributed by atoms with E-state index in [2.05, 4.69) is 6.08 Å². The zero-order valence-electron chi connectivity index (χ0n) is 16.0. The molecule has 0 amide bonds. The molecule has 0 aliphatic heterocycles. The second-order valence-electron chi connectivity index (χ2n) is 5.47. The number of allylic oxidation sites excluding steroid dienone is 2. The summed E-state index contributed by atoms with van der Waals surface area (Å²) in [6.07, 6.45) is 9.28. The molecule has 0 atom stereocenters. The Balaban J connectivity index is 3.91. The van der Waals surface area contributed by atoms with E-state index in [1.165, 1.54) is 0 Å². The number of carbonyl (C=O) groups excluding carboxylic acids is 1. The first kappa shape index (κ1) is 23.3. The Hall–Kier alpha value is -0.693. The molecule has 0 aliphatic carbocycles. The Morgan fingerprint density at radius 1 is 0.917 bits per heavy atom. The van der Waals surface area contributed by atoms with Gasteiger partial charge in [0.05, 0.1) is 6.61 Å². The van der Waals surface area contributed by atoms with Gasteiger partial charge in [-0.15, -0.1) is 0 Å². The molecule has 0 fully saturated rings. The molecular formula is C18H36O5Si. The highest BCUT2D eigenvalue weighted by Gasteiger charge is 2.39. The van der Waals surface area contributed by atoms with Crippen LogP contribution in [0.25, 0.3) is 0 Å². The fourth-order valence-corrected chi connectivity index (χ4v) is 5.09. The van der Waals surface area contributed by atoms with Crippen LogP contribution in [0.4, 0.5) is 0 Å². The third-order valence-corrected chi connectivity index (χ3v) is 6.62. The van der Waals surface area contributed by atoms with Crippen LogP contribution in [0.3, 0.4) is 0 Å². The minimum Gasteiger partial charge on any atom is -0.466 e.